The van der Waals surface area contributed by atoms with Gasteiger partial charge in [0, 0.05) is 6.42 Å². The van der Waals surface area contributed by atoms with Crippen molar-refractivity contribution in [3.8, 4) is 0 Å². The number of fused-ring (bicyclic) bond motifs is 1. The average molecular weight is 493 g/mol. The second-order valence-corrected chi connectivity index (χ2v) is 10.0. The van der Waals surface area contributed by atoms with Gasteiger partial charge in [0.2, 0.25) is 11.8 Å². The van der Waals surface area contributed by atoms with Crippen LogP contribution in [0.15, 0.2) is 83.8 Å². The molecule has 0 saturated carbocycles. The Morgan fingerprint density at radius 1 is 0.971 bits per heavy atom. The van der Waals surface area contributed by atoms with Crippen molar-refractivity contribution < 1.29 is 27.5 Å². The highest BCUT2D eigenvalue weighted by molar-refractivity contribution is 7.92. The van der Waals surface area contributed by atoms with E-state index in [2.05, 4.69) is 5.32 Å². The van der Waals surface area contributed by atoms with Crippen LogP contribution >= 0.6 is 0 Å². The summed E-state index contributed by atoms with van der Waals surface area (Å²) < 4.78 is 32.1. The van der Waals surface area contributed by atoms with Gasteiger partial charge in [0.15, 0.2) is 9.84 Å². The lowest BCUT2D eigenvalue weighted by Crippen LogP contribution is -2.38. The third-order valence-electron chi connectivity index (χ3n) is 5.67. The van der Waals surface area contributed by atoms with Crippen molar-refractivity contribution >= 4 is 39.0 Å². The fourth-order valence-electron chi connectivity index (χ4n) is 4.04. The molecule has 0 fully saturated rings. The maximum atomic E-state index is 13.5. The van der Waals surface area contributed by atoms with Crippen molar-refractivity contribution in [3.63, 3.8) is 0 Å². The number of para-hydroxylation sites is 2. The molecule has 0 saturated heterocycles. The molecule has 1 aliphatic rings. The topological polar surface area (TPSA) is 110 Å². The quantitative estimate of drug-likeness (QED) is 0.525. The van der Waals surface area contributed by atoms with Crippen molar-refractivity contribution in [2.45, 2.75) is 23.5 Å². The summed E-state index contributed by atoms with van der Waals surface area (Å²) in [6, 6.07) is 21.1. The standard InChI is InChI=1S/C26H24N2O6S/c1-2-34-26(31)19-12-6-7-13-20(19)27-24(29)17-28-21-14-8-9-15-22(21)35(32,33)23(16-25(28)30)18-10-4-3-5-11-18/h3-15,23H,2,16-17H2,1H3,(H,27,29). The van der Waals surface area contributed by atoms with E-state index in [1.807, 2.05) is 0 Å². The molecule has 9 heteroatoms. The number of benzene rings is 3. The van der Waals surface area contributed by atoms with Gasteiger partial charge in [0.25, 0.3) is 0 Å². The van der Waals surface area contributed by atoms with Crippen LogP contribution in [0, 0.1) is 0 Å². The molecule has 180 valence electrons. The zero-order valence-corrected chi connectivity index (χ0v) is 19.8. The molecule has 0 bridgehead atoms. The molecule has 1 heterocycles. The van der Waals surface area contributed by atoms with Gasteiger partial charge in [-0.3, -0.25) is 9.59 Å². The van der Waals surface area contributed by atoms with Crippen molar-refractivity contribution in [2.75, 3.05) is 23.4 Å². The van der Waals surface area contributed by atoms with Gasteiger partial charge < -0.3 is 15.0 Å². The second kappa shape index (κ2) is 10.1. The Kier molecular flexibility index (Phi) is 6.97. The molecule has 8 nitrogen and oxygen atoms in total. The highest BCUT2D eigenvalue weighted by Gasteiger charge is 2.39. The van der Waals surface area contributed by atoms with Gasteiger partial charge in [-0.1, -0.05) is 54.6 Å². The van der Waals surface area contributed by atoms with Crippen molar-refractivity contribution in [3.05, 3.63) is 90.0 Å². The maximum Gasteiger partial charge on any atom is 0.340 e. The first-order valence-electron chi connectivity index (χ1n) is 11.1. The van der Waals surface area contributed by atoms with E-state index in [1.54, 1.807) is 67.6 Å². The average Bonchev–Trinajstić information content (AvgIpc) is 2.94. The van der Waals surface area contributed by atoms with E-state index in [9.17, 15) is 22.8 Å². The summed E-state index contributed by atoms with van der Waals surface area (Å²) in [5, 5.41) is 1.58. The monoisotopic (exact) mass is 492 g/mol. The van der Waals surface area contributed by atoms with Crippen LogP contribution < -0.4 is 10.2 Å². The number of ether oxygens (including phenoxy) is 1. The van der Waals surface area contributed by atoms with Crippen LogP contribution in [-0.2, 0) is 24.2 Å². The normalized spacial score (nSPS) is 16.7. The Morgan fingerprint density at radius 3 is 2.37 bits per heavy atom. The van der Waals surface area contributed by atoms with E-state index in [1.165, 1.54) is 23.1 Å². The fraction of sp³-hybridized carbons (Fsp3) is 0.192. The van der Waals surface area contributed by atoms with E-state index in [0.717, 1.165) is 0 Å². The number of hydrogen-bond acceptors (Lipinski definition) is 6. The maximum absolute atomic E-state index is 13.5. The van der Waals surface area contributed by atoms with Gasteiger partial charge in [-0.25, -0.2) is 13.2 Å². The van der Waals surface area contributed by atoms with Gasteiger partial charge in [-0.05, 0) is 36.8 Å². The van der Waals surface area contributed by atoms with Gasteiger partial charge >= 0.3 is 5.97 Å². The first-order chi connectivity index (χ1) is 16.8. The molecular formula is C26H24N2O6S. The Balaban J connectivity index is 1.66. The summed E-state index contributed by atoms with van der Waals surface area (Å²) in [6.07, 6.45) is -0.312. The molecule has 3 aromatic carbocycles. The third-order valence-corrected chi connectivity index (χ3v) is 7.81. The summed E-state index contributed by atoms with van der Waals surface area (Å²) >= 11 is 0. The number of amides is 2. The minimum Gasteiger partial charge on any atom is -0.462 e. The fourth-order valence-corrected chi connectivity index (χ4v) is 5.96. The lowest BCUT2D eigenvalue weighted by molar-refractivity contribution is -0.121. The molecule has 1 unspecified atom stereocenters. The Hall–Kier alpha value is -3.98. The van der Waals surface area contributed by atoms with Gasteiger partial charge in [-0.15, -0.1) is 0 Å². The molecule has 4 rings (SSSR count). The predicted octanol–water partition coefficient (Wildman–Crippen LogP) is 3.75. The van der Waals surface area contributed by atoms with Crippen LogP contribution in [-0.4, -0.2) is 39.4 Å². The Bertz CT molecular complexity index is 1370. The highest BCUT2D eigenvalue weighted by Crippen LogP contribution is 2.40. The number of hydrogen-bond donors (Lipinski definition) is 1. The Morgan fingerprint density at radius 2 is 1.63 bits per heavy atom. The molecule has 1 atom stereocenters. The van der Waals surface area contributed by atoms with Crippen LogP contribution in [0.4, 0.5) is 11.4 Å². The van der Waals surface area contributed by atoms with Crippen LogP contribution in [0.25, 0.3) is 0 Å². The van der Waals surface area contributed by atoms with Crippen LogP contribution in [0.2, 0.25) is 0 Å². The Labute approximate surface area is 203 Å². The lowest BCUT2D eigenvalue weighted by atomic mass is 10.1. The van der Waals surface area contributed by atoms with Crippen LogP contribution in [0.3, 0.4) is 0 Å². The van der Waals surface area contributed by atoms with E-state index in [0.29, 0.717) is 5.56 Å². The predicted molar refractivity (Wildman–Crippen MR) is 131 cm³/mol. The molecule has 2 amide bonds. The van der Waals surface area contributed by atoms with Crippen molar-refractivity contribution in [1.82, 2.24) is 0 Å². The smallest absolute Gasteiger partial charge is 0.340 e. The summed E-state index contributed by atoms with van der Waals surface area (Å²) in [6.45, 7) is 1.43. The number of carbonyl (C=O) groups is 3. The van der Waals surface area contributed by atoms with E-state index in [-0.39, 0.29) is 34.9 Å². The van der Waals surface area contributed by atoms with Crippen LogP contribution in [0.5, 0.6) is 0 Å². The van der Waals surface area contributed by atoms with Gasteiger partial charge in [0.1, 0.15) is 6.54 Å². The first-order valence-corrected chi connectivity index (χ1v) is 12.6. The van der Waals surface area contributed by atoms with Gasteiger partial charge in [-0.2, -0.15) is 0 Å². The number of anilines is 2. The lowest BCUT2D eigenvalue weighted by Gasteiger charge is -2.22. The van der Waals surface area contributed by atoms with Gasteiger partial charge in [0.05, 0.1) is 33.7 Å². The van der Waals surface area contributed by atoms with Crippen LogP contribution in [0.1, 0.15) is 34.5 Å². The summed E-state index contributed by atoms with van der Waals surface area (Å²) in [7, 11) is -3.91. The molecule has 0 radical (unpaired) electrons. The number of rotatable bonds is 6. The molecule has 1 aliphatic heterocycles. The SMILES string of the molecule is CCOC(=O)c1ccccc1NC(=O)CN1C(=O)CC(c2ccccc2)S(=O)(=O)c2ccccc21. The van der Waals surface area contributed by atoms with E-state index in [4.69, 9.17) is 4.74 Å². The number of sulfone groups is 1. The minimum absolute atomic E-state index is 0.0144. The summed E-state index contributed by atoms with van der Waals surface area (Å²) in [5.41, 5.74) is 1.06. The molecule has 35 heavy (non-hydrogen) atoms. The van der Waals surface area contributed by atoms with Crippen molar-refractivity contribution in [2.24, 2.45) is 0 Å². The number of carbonyl (C=O) groups excluding carboxylic acids is 3. The number of esters is 1. The molecular weight excluding hydrogens is 468 g/mol. The minimum atomic E-state index is -3.91. The first kappa shape index (κ1) is 24.2. The molecule has 1 N–H and O–H groups in total. The number of nitrogens with zero attached hydrogens (tertiary/aromatic N) is 1. The highest BCUT2D eigenvalue weighted by atomic mass is 32.2. The number of nitrogens with one attached hydrogen (secondary N) is 1. The summed E-state index contributed by atoms with van der Waals surface area (Å²) in [4.78, 5) is 39.7. The van der Waals surface area contributed by atoms with E-state index < -0.39 is 39.4 Å². The van der Waals surface area contributed by atoms with Crippen molar-refractivity contribution in [1.29, 1.82) is 0 Å². The third kappa shape index (κ3) is 4.95. The molecule has 0 aromatic heterocycles. The summed E-state index contributed by atoms with van der Waals surface area (Å²) in [5.74, 6) is -1.67. The largest absolute Gasteiger partial charge is 0.462 e. The zero-order valence-electron chi connectivity index (χ0n) is 19.0. The molecule has 0 aliphatic carbocycles. The molecule has 0 spiro atoms. The molecule has 3 aromatic rings. The zero-order chi connectivity index (χ0) is 25.0. The second-order valence-electron chi connectivity index (χ2n) is 7.91. The van der Waals surface area contributed by atoms with E-state index >= 15 is 0 Å².